The van der Waals surface area contributed by atoms with Crippen LogP contribution in [0.3, 0.4) is 0 Å². The van der Waals surface area contributed by atoms with E-state index in [4.69, 9.17) is 9.47 Å². The molecule has 0 heterocycles. The Morgan fingerprint density at radius 1 is 1.00 bits per heavy atom. The maximum Gasteiger partial charge on any atom is 0.242 e. The molecule has 2 aromatic rings. The predicted molar refractivity (Wildman–Crippen MR) is 103 cm³/mol. The molecule has 0 bridgehead atoms. The van der Waals surface area contributed by atoms with Crippen molar-refractivity contribution in [3.8, 4) is 11.5 Å². The number of hydrogen-bond donors (Lipinski definition) is 1. The number of sulfonamides is 1. The standard InChI is InChI=1S/C19H24N2O5S/c1-21(2)27(23,24)18-10-8-17(9-11-18)26-13-12-20-19(22)14-15-4-6-16(25-3)7-5-15/h4-11H,12-14H2,1-3H3,(H,20,22). The molecule has 1 N–H and O–H groups in total. The van der Waals surface area contributed by atoms with E-state index in [9.17, 15) is 13.2 Å². The summed E-state index contributed by atoms with van der Waals surface area (Å²) in [6.45, 7) is 0.640. The highest BCUT2D eigenvalue weighted by molar-refractivity contribution is 7.89. The van der Waals surface area contributed by atoms with Crippen LogP contribution in [-0.2, 0) is 21.2 Å². The second-order valence-electron chi connectivity index (χ2n) is 5.98. The zero-order valence-corrected chi connectivity index (χ0v) is 16.5. The fraction of sp³-hybridized carbons (Fsp3) is 0.316. The van der Waals surface area contributed by atoms with E-state index in [0.717, 1.165) is 15.6 Å². The van der Waals surface area contributed by atoms with E-state index in [2.05, 4.69) is 5.32 Å². The summed E-state index contributed by atoms with van der Waals surface area (Å²) in [5.41, 5.74) is 0.895. The molecule has 2 aromatic carbocycles. The molecule has 2 rings (SSSR count). The fourth-order valence-corrected chi connectivity index (χ4v) is 3.17. The minimum atomic E-state index is -3.45. The highest BCUT2D eigenvalue weighted by atomic mass is 32.2. The molecule has 0 aliphatic carbocycles. The van der Waals surface area contributed by atoms with Gasteiger partial charge in [-0.05, 0) is 42.0 Å². The minimum absolute atomic E-state index is 0.101. The Morgan fingerprint density at radius 3 is 2.15 bits per heavy atom. The van der Waals surface area contributed by atoms with Gasteiger partial charge in [-0.25, -0.2) is 12.7 Å². The van der Waals surface area contributed by atoms with Crippen LogP contribution in [-0.4, -0.2) is 53.0 Å². The molecule has 0 fully saturated rings. The summed E-state index contributed by atoms with van der Waals surface area (Å²) in [4.78, 5) is 12.1. The quantitative estimate of drug-likeness (QED) is 0.657. The third-order valence-electron chi connectivity index (χ3n) is 3.82. The second kappa shape index (κ2) is 9.38. The Balaban J connectivity index is 1.75. The van der Waals surface area contributed by atoms with Crippen LogP contribution in [0.25, 0.3) is 0 Å². The molecule has 146 valence electrons. The van der Waals surface area contributed by atoms with Gasteiger partial charge in [0.15, 0.2) is 0 Å². The number of carbonyl (C=O) groups is 1. The second-order valence-corrected chi connectivity index (χ2v) is 8.13. The summed E-state index contributed by atoms with van der Waals surface area (Å²) in [6, 6.07) is 13.5. The van der Waals surface area contributed by atoms with Crippen molar-refractivity contribution in [2.75, 3.05) is 34.4 Å². The number of benzene rings is 2. The Hall–Kier alpha value is -2.58. The van der Waals surface area contributed by atoms with Gasteiger partial charge in [-0.2, -0.15) is 0 Å². The molecule has 0 aromatic heterocycles. The summed E-state index contributed by atoms with van der Waals surface area (Å²) < 4.78 is 35.7. The van der Waals surface area contributed by atoms with Crippen LogP contribution in [0.4, 0.5) is 0 Å². The third kappa shape index (κ3) is 5.97. The van der Waals surface area contributed by atoms with Crippen LogP contribution in [0.5, 0.6) is 11.5 Å². The van der Waals surface area contributed by atoms with Crippen molar-refractivity contribution in [3.63, 3.8) is 0 Å². The maximum atomic E-state index is 12.0. The lowest BCUT2D eigenvalue weighted by atomic mass is 10.1. The van der Waals surface area contributed by atoms with Crippen molar-refractivity contribution < 1.29 is 22.7 Å². The van der Waals surface area contributed by atoms with E-state index < -0.39 is 10.0 Å². The molecule has 0 spiro atoms. The fourth-order valence-electron chi connectivity index (χ4n) is 2.27. The van der Waals surface area contributed by atoms with Crippen LogP contribution in [0.1, 0.15) is 5.56 Å². The number of amides is 1. The third-order valence-corrected chi connectivity index (χ3v) is 5.65. The molecule has 0 atom stereocenters. The van der Waals surface area contributed by atoms with Crippen molar-refractivity contribution in [2.24, 2.45) is 0 Å². The zero-order valence-electron chi connectivity index (χ0n) is 15.6. The number of rotatable bonds is 9. The SMILES string of the molecule is COc1ccc(CC(=O)NCCOc2ccc(S(=O)(=O)N(C)C)cc2)cc1. The Kier molecular flexibility index (Phi) is 7.20. The molecule has 0 saturated heterocycles. The van der Waals surface area contributed by atoms with Crippen LogP contribution >= 0.6 is 0 Å². The molecule has 0 saturated carbocycles. The average Bonchev–Trinajstić information content (AvgIpc) is 2.66. The Bertz CT molecular complexity index is 847. The van der Waals surface area contributed by atoms with Crippen molar-refractivity contribution in [3.05, 3.63) is 54.1 Å². The minimum Gasteiger partial charge on any atom is -0.497 e. The molecule has 7 nitrogen and oxygen atoms in total. The summed E-state index contributed by atoms with van der Waals surface area (Å²) in [5, 5.41) is 2.78. The number of nitrogens with zero attached hydrogens (tertiary/aromatic N) is 1. The molecule has 1 amide bonds. The lowest BCUT2D eigenvalue weighted by Gasteiger charge is -2.12. The number of nitrogens with one attached hydrogen (secondary N) is 1. The van der Waals surface area contributed by atoms with Crippen molar-refractivity contribution >= 4 is 15.9 Å². The Labute approximate surface area is 160 Å². The van der Waals surface area contributed by atoms with E-state index in [-0.39, 0.29) is 23.8 Å². The van der Waals surface area contributed by atoms with Gasteiger partial charge >= 0.3 is 0 Å². The molecule has 8 heteroatoms. The molecular formula is C19H24N2O5S. The van der Waals surface area contributed by atoms with Gasteiger partial charge in [-0.15, -0.1) is 0 Å². The maximum absolute atomic E-state index is 12.0. The van der Waals surface area contributed by atoms with Gasteiger partial charge in [-0.1, -0.05) is 12.1 Å². The van der Waals surface area contributed by atoms with E-state index >= 15 is 0 Å². The van der Waals surface area contributed by atoms with Gasteiger partial charge in [0.2, 0.25) is 15.9 Å². The lowest BCUT2D eigenvalue weighted by Crippen LogP contribution is -2.29. The van der Waals surface area contributed by atoms with Gasteiger partial charge in [-0.3, -0.25) is 4.79 Å². The summed E-state index contributed by atoms with van der Waals surface area (Å²) in [5.74, 6) is 1.19. The van der Waals surface area contributed by atoms with Crippen LogP contribution in [0.2, 0.25) is 0 Å². The number of hydrogen-bond acceptors (Lipinski definition) is 5. The van der Waals surface area contributed by atoms with Gasteiger partial charge in [0.1, 0.15) is 18.1 Å². The highest BCUT2D eigenvalue weighted by Gasteiger charge is 2.16. The van der Waals surface area contributed by atoms with Crippen LogP contribution in [0, 0.1) is 0 Å². The number of ether oxygens (including phenoxy) is 2. The molecule has 27 heavy (non-hydrogen) atoms. The van der Waals surface area contributed by atoms with E-state index in [1.54, 1.807) is 19.2 Å². The van der Waals surface area contributed by atoms with Gasteiger partial charge < -0.3 is 14.8 Å². The van der Waals surface area contributed by atoms with E-state index in [1.165, 1.54) is 26.2 Å². The summed E-state index contributed by atoms with van der Waals surface area (Å²) >= 11 is 0. The smallest absolute Gasteiger partial charge is 0.242 e. The van der Waals surface area contributed by atoms with Gasteiger partial charge in [0.25, 0.3) is 0 Å². The molecule has 0 unspecified atom stereocenters. The van der Waals surface area contributed by atoms with E-state index in [1.807, 2.05) is 24.3 Å². The van der Waals surface area contributed by atoms with Gasteiger partial charge in [0, 0.05) is 14.1 Å². The first kappa shape index (κ1) is 20.7. The summed E-state index contributed by atoms with van der Waals surface area (Å²) in [7, 11) is 1.10. The summed E-state index contributed by atoms with van der Waals surface area (Å²) in [6.07, 6.45) is 0.279. The van der Waals surface area contributed by atoms with Crippen LogP contribution < -0.4 is 14.8 Å². The molecule has 0 aliphatic heterocycles. The predicted octanol–water partition coefficient (Wildman–Crippen LogP) is 1.68. The van der Waals surface area contributed by atoms with Crippen LogP contribution in [0.15, 0.2) is 53.4 Å². The Morgan fingerprint density at radius 2 is 1.59 bits per heavy atom. The lowest BCUT2D eigenvalue weighted by molar-refractivity contribution is -0.120. The van der Waals surface area contributed by atoms with E-state index in [0.29, 0.717) is 12.3 Å². The highest BCUT2D eigenvalue weighted by Crippen LogP contribution is 2.18. The number of methoxy groups -OCH3 is 1. The average molecular weight is 392 g/mol. The first-order valence-electron chi connectivity index (χ1n) is 8.38. The first-order chi connectivity index (χ1) is 12.8. The van der Waals surface area contributed by atoms with Crippen molar-refractivity contribution in [1.82, 2.24) is 9.62 Å². The number of carbonyl (C=O) groups excluding carboxylic acids is 1. The van der Waals surface area contributed by atoms with Crippen molar-refractivity contribution in [1.29, 1.82) is 0 Å². The topological polar surface area (TPSA) is 84.9 Å². The van der Waals surface area contributed by atoms with Crippen molar-refractivity contribution in [2.45, 2.75) is 11.3 Å². The van der Waals surface area contributed by atoms with Gasteiger partial charge in [0.05, 0.1) is 25.0 Å². The monoisotopic (exact) mass is 392 g/mol. The normalized spacial score (nSPS) is 11.3. The first-order valence-corrected chi connectivity index (χ1v) is 9.82. The molecule has 0 radical (unpaired) electrons. The zero-order chi connectivity index (χ0) is 19.9. The largest absolute Gasteiger partial charge is 0.497 e. The molecule has 0 aliphatic rings. The molecular weight excluding hydrogens is 368 g/mol.